The van der Waals surface area contributed by atoms with Crippen molar-refractivity contribution in [3.63, 3.8) is 0 Å². The summed E-state index contributed by atoms with van der Waals surface area (Å²) in [5.41, 5.74) is 0. The summed E-state index contributed by atoms with van der Waals surface area (Å²) in [6, 6.07) is 9.23. The Hall–Kier alpha value is -1.34. The number of methoxy groups -OCH3 is 1. The van der Waals surface area contributed by atoms with Gasteiger partial charge in [-0.2, -0.15) is 0 Å². The van der Waals surface area contributed by atoms with Crippen LogP contribution in [0.15, 0.2) is 30.3 Å². The molecule has 0 spiro atoms. The molecule has 3 unspecified atom stereocenters. The van der Waals surface area contributed by atoms with Crippen LogP contribution in [0.3, 0.4) is 0 Å². The minimum Gasteiger partial charge on any atom is -0.491 e. The molecule has 1 rings (SSSR count). The van der Waals surface area contributed by atoms with Crippen LogP contribution in [0.1, 0.15) is 0 Å². The van der Waals surface area contributed by atoms with Crippen LogP contribution >= 0.6 is 0 Å². The predicted molar refractivity (Wildman–Crippen MR) is 112 cm³/mol. The van der Waals surface area contributed by atoms with E-state index in [4.69, 9.17) is 18.9 Å². The molecule has 3 atom stereocenters. The fourth-order valence-corrected chi connectivity index (χ4v) is 2.39. The molecule has 0 aliphatic heterocycles. The van der Waals surface area contributed by atoms with Gasteiger partial charge in [0.15, 0.2) is 0 Å². The molecule has 0 aromatic heterocycles. The molecule has 1 aromatic carbocycles. The maximum atomic E-state index is 9.90. The number of rotatable bonds is 19. The van der Waals surface area contributed by atoms with E-state index in [0.29, 0.717) is 38.8 Å². The lowest BCUT2D eigenvalue weighted by Gasteiger charge is -2.20. The largest absolute Gasteiger partial charge is 0.491 e. The maximum Gasteiger partial charge on any atom is 0.146 e. The van der Waals surface area contributed by atoms with Crippen molar-refractivity contribution in [1.82, 2.24) is 15.5 Å². The van der Waals surface area contributed by atoms with Crippen LogP contribution in [0.2, 0.25) is 0 Å². The van der Waals surface area contributed by atoms with E-state index >= 15 is 0 Å². The molecule has 1 aromatic rings. The molecule has 0 radical (unpaired) electrons. The topological polar surface area (TPSA) is 125 Å². The molecule has 0 amide bonds. The van der Waals surface area contributed by atoms with Crippen LogP contribution in [0.25, 0.3) is 0 Å². The van der Waals surface area contributed by atoms with Crippen LogP contribution in [0.4, 0.5) is 0 Å². The quantitative estimate of drug-likeness (QED) is 0.135. The SMILES string of the molecule is COCC(O)CNCN(C)CNCC(O)COCOCC(O)COc1ccccc1. The summed E-state index contributed by atoms with van der Waals surface area (Å²) in [5, 5.41) is 35.5. The Kier molecular flexibility index (Phi) is 15.4. The van der Waals surface area contributed by atoms with Crippen molar-refractivity contribution in [3.8, 4) is 5.75 Å². The lowest BCUT2D eigenvalue weighted by atomic mass is 10.3. The molecule has 5 N–H and O–H groups in total. The molecule has 0 fully saturated rings. The van der Waals surface area contributed by atoms with Crippen molar-refractivity contribution in [2.24, 2.45) is 0 Å². The Morgan fingerprint density at radius 2 is 1.40 bits per heavy atom. The van der Waals surface area contributed by atoms with Gasteiger partial charge in [0.25, 0.3) is 0 Å². The van der Waals surface area contributed by atoms with Gasteiger partial charge < -0.3 is 44.9 Å². The van der Waals surface area contributed by atoms with Crippen LogP contribution in [0.5, 0.6) is 5.75 Å². The smallest absolute Gasteiger partial charge is 0.146 e. The summed E-state index contributed by atoms with van der Waals surface area (Å²) < 4.78 is 20.8. The van der Waals surface area contributed by atoms with Gasteiger partial charge in [0.05, 0.1) is 32.0 Å². The average Bonchev–Trinajstić information content (AvgIpc) is 2.73. The van der Waals surface area contributed by atoms with Gasteiger partial charge in [0, 0.05) is 33.5 Å². The third kappa shape index (κ3) is 14.6. The fourth-order valence-electron chi connectivity index (χ4n) is 2.39. The van der Waals surface area contributed by atoms with Crippen molar-refractivity contribution < 1.29 is 34.3 Å². The number of benzene rings is 1. The Morgan fingerprint density at radius 3 is 2.00 bits per heavy atom. The number of ether oxygens (including phenoxy) is 4. The van der Waals surface area contributed by atoms with E-state index in [-0.39, 0.29) is 26.6 Å². The molecular formula is C20H37N3O7. The second-order valence-electron chi connectivity index (χ2n) is 6.98. The highest BCUT2D eigenvalue weighted by Gasteiger charge is 2.08. The third-order valence-corrected chi connectivity index (χ3v) is 3.86. The zero-order chi connectivity index (χ0) is 22.0. The van der Waals surface area contributed by atoms with E-state index in [0.717, 1.165) is 0 Å². The number of aliphatic hydroxyl groups excluding tert-OH is 3. The molecule has 0 aliphatic carbocycles. The Balaban J connectivity index is 1.93. The van der Waals surface area contributed by atoms with Crippen LogP contribution in [0, 0.1) is 0 Å². The standard InChI is InChI=1S/C20H37N3O7/c1-23(14-21-8-17(24)10-27-2)15-22-9-18(25)11-28-16-29-12-19(26)13-30-20-6-4-3-5-7-20/h3-7,17-19,21-22,24-26H,8-16H2,1-2H3. The normalized spacial score (nSPS) is 14.6. The van der Waals surface area contributed by atoms with E-state index in [1.54, 1.807) is 7.11 Å². The molecule has 30 heavy (non-hydrogen) atoms. The highest BCUT2D eigenvalue weighted by atomic mass is 16.7. The summed E-state index contributed by atoms with van der Waals surface area (Å²) in [7, 11) is 3.46. The average molecular weight is 432 g/mol. The third-order valence-electron chi connectivity index (χ3n) is 3.86. The molecule has 10 nitrogen and oxygen atoms in total. The van der Waals surface area contributed by atoms with Crippen LogP contribution in [-0.4, -0.2) is 112 Å². The maximum absolute atomic E-state index is 9.90. The number of hydrogen-bond donors (Lipinski definition) is 5. The molecule has 174 valence electrons. The first-order valence-corrected chi connectivity index (χ1v) is 9.97. The lowest BCUT2D eigenvalue weighted by Crippen LogP contribution is -2.43. The number of hydrogen-bond acceptors (Lipinski definition) is 10. The Bertz CT molecular complexity index is 512. The number of para-hydroxylation sites is 1. The second-order valence-corrected chi connectivity index (χ2v) is 6.98. The van der Waals surface area contributed by atoms with Crippen LogP contribution in [-0.2, 0) is 14.2 Å². The molecule has 0 saturated carbocycles. The van der Waals surface area contributed by atoms with E-state index < -0.39 is 18.3 Å². The van der Waals surface area contributed by atoms with Gasteiger partial charge in [-0.25, -0.2) is 0 Å². The van der Waals surface area contributed by atoms with E-state index in [2.05, 4.69) is 10.6 Å². The molecular weight excluding hydrogens is 394 g/mol. The number of aliphatic hydroxyl groups is 3. The summed E-state index contributed by atoms with van der Waals surface area (Å²) in [5.74, 6) is 0.688. The van der Waals surface area contributed by atoms with Crippen molar-refractivity contribution in [3.05, 3.63) is 30.3 Å². The minimum absolute atomic E-state index is 0.0208. The van der Waals surface area contributed by atoms with E-state index in [1.807, 2.05) is 42.3 Å². The van der Waals surface area contributed by atoms with Crippen LogP contribution < -0.4 is 15.4 Å². The lowest BCUT2D eigenvalue weighted by molar-refractivity contribution is -0.100. The van der Waals surface area contributed by atoms with E-state index in [1.165, 1.54) is 0 Å². The molecule has 0 saturated heterocycles. The summed E-state index contributed by atoms with van der Waals surface area (Å²) >= 11 is 0. The first-order chi connectivity index (χ1) is 14.5. The second kappa shape index (κ2) is 17.4. The number of nitrogens with one attached hydrogen (secondary N) is 2. The Labute approximate surface area is 178 Å². The van der Waals surface area contributed by atoms with Gasteiger partial charge in [-0.05, 0) is 19.2 Å². The monoisotopic (exact) mass is 431 g/mol. The minimum atomic E-state index is -0.764. The summed E-state index contributed by atoms with van der Waals surface area (Å²) in [4.78, 5) is 1.97. The molecule has 0 heterocycles. The zero-order valence-corrected chi connectivity index (χ0v) is 17.9. The van der Waals surface area contributed by atoms with Crippen molar-refractivity contribution in [2.45, 2.75) is 18.3 Å². The van der Waals surface area contributed by atoms with Gasteiger partial charge in [-0.1, -0.05) is 18.2 Å². The Morgan fingerprint density at radius 1 is 0.833 bits per heavy atom. The van der Waals surface area contributed by atoms with Gasteiger partial charge in [0.1, 0.15) is 25.3 Å². The van der Waals surface area contributed by atoms with Gasteiger partial charge >= 0.3 is 0 Å². The highest BCUT2D eigenvalue weighted by Crippen LogP contribution is 2.08. The van der Waals surface area contributed by atoms with Gasteiger partial charge in [-0.3, -0.25) is 4.90 Å². The van der Waals surface area contributed by atoms with Gasteiger partial charge in [0.2, 0.25) is 0 Å². The predicted octanol–water partition coefficient (Wildman–Crippen LogP) is -1.19. The van der Waals surface area contributed by atoms with Crippen molar-refractivity contribution >= 4 is 0 Å². The zero-order valence-electron chi connectivity index (χ0n) is 17.9. The van der Waals surface area contributed by atoms with Crippen molar-refractivity contribution in [1.29, 1.82) is 0 Å². The molecule has 10 heteroatoms. The van der Waals surface area contributed by atoms with Gasteiger partial charge in [-0.15, -0.1) is 0 Å². The summed E-state index contributed by atoms with van der Waals surface area (Å²) in [6.07, 6.45) is -1.97. The van der Waals surface area contributed by atoms with Crippen molar-refractivity contribution in [2.75, 3.05) is 73.8 Å². The van der Waals surface area contributed by atoms with E-state index in [9.17, 15) is 15.3 Å². The molecule has 0 bridgehead atoms. The summed E-state index contributed by atoms with van der Waals surface area (Å²) in [6.45, 7) is 2.57. The number of nitrogens with zero attached hydrogens (tertiary/aromatic N) is 1. The first-order valence-electron chi connectivity index (χ1n) is 9.97. The fraction of sp³-hybridized carbons (Fsp3) is 0.700. The first kappa shape index (κ1) is 26.7. The highest BCUT2D eigenvalue weighted by molar-refractivity contribution is 5.20. The molecule has 0 aliphatic rings.